The van der Waals surface area contributed by atoms with Gasteiger partial charge in [-0.3, -0.25) is 0 Å². The Kier molecular flexibility index (Phi) is 4.19. The molecule has 1 unspecified atom stereocenters. The summed E-state index contributed by atoms with van der Waals surface area (Å²) in [6.07, 6.45) is 3.93. The first-order valence-electron chi connectivity index (χ1n) is 6.32. The van der Waals surface area contributed by atoms with Crippen LogP contribution < -0.4 is 4.83 Å². The molecule has 0 bridgehead atoms. The SMILES string of the molecule is CC(C)(C)C1C=CSNN1OC(=O)N1CCCC1. The fourth-order valence-corrected chi connectivity index (χ4v) is 2.63. The van der Waals surface area contributed by atoms with E-state index in [2.05, 4.69) is 31.7 Å². The van der Waals surface area contributed by atoms with Crippen LogP contribution in [-0.4, -0.2) is 35.3 Å². The molecule has 18 heavy (non-hydrogen) atoms. The lowest BCUT2D eigenvalue weighted by Gasteiger charge is -2.38. The Morgan fingerprint density at radius 3 is 2.67 bits per heavy atom. The highest BCUT2D eigenvalue weighted by atomic mass is 32.2. The average Bonchev–Trinajstić information content (AvgIpc) is 2.81. The topological polar surface area (TPSA) is 44.8 Å². The molecule has 2 heterocycles. The number of nitrogens with one attached hydrogen (secondary N) is 1. The first-order valence-corrected chi connectivity index (χ1v) is 7.20. The Morgan fingerprint density at radius 2 is 2.06 bits per heavy atom. The molecule has 1 fully saturated rings. The maximum absolute atomic E-state index is 12.0. The van der Waals surface area contributed by atoms with Gasteiger partial charge >= 0.3 is 6.09 Å². The Bertz CT molecular complexity index is 335. The Morgan fingerprint density at radius 1 is 1.39 bits per heavy atom. The minimum absolute atomic E-state index is 0.00420. The van der Waals surface area contributed by atoms with Crippen LogP contribution in [0.15, 0.2) is 11.5 Å². The van der Waals surface area contributed by atoms with E-state index in [4.69, 9.17) is 4.84 Å². The van der Waals surface area contributed by atoms with Crippen molar-refractivity contribution in [2.45, 2.75) is 39.7 Å². The second-order valence-corrected chi connectivity index (χ2v) is 6.42. The zero-order valence-electron chi connectivity index (χ0n) is 11.2. The zero-order chi connectivity index (χ0) is 13.2. The molecule has 5 nitrogen and oxygen atoms in total. The highest BCUT2D eigenvalue weighted by Crippen LogP contribution is 2.29. The molecule has 1 saturated heterocycles. The summed E-state index contributed by atoms with van der Waals surface area (Å²) in [5.74, 6) is 0. The van der Waals surface area contributed by atoms with Crippen molar-refractivity contribution in [3.05, 3.63) is 11.5 Å². The molecule has 0 saturated carbocycles. The minimum atomic E-state index is -0.259. The third-order valence-electron chi connectivity index (χ3n) is 3.15. The van der Waals surface area contributed by atoms with Gasteiger partial charge in [0, 0.05) is 13.1 Å². The standard InChI is InChI=1S/C12H21N3O2S/c1-12(2,3)10-6-9-18-13-15(10)17-11(16)14-7-4-5-8-14/h6,9-10,13H,4-5,7-8H2,1-3H3. The number of hydrazine groups is 1. The van der Waals surface area contributed by atoms with Gasteiger partial charge in [-0.05, 0) is 35.6 Å². The molecule has 0 radical (unpaired) electrons. The van der Waals surface area contributed by atoms with E-state index in [1.807, 2.05) is 5.41 Å². The summed E-state index contributed by atoms with van der Waals surface area (Å²) in [5, 5.41) is 3.54. The third-order valence-corrected chi connectivity index (χ3v) is 3.73. The van der Waals surface area contributed by atoms with Gasteiger partial charge < -0.3 is 9.74 Å². The number of amides is 1. The molecule has 2 rings (SSSR count). The molecule has 1 atom stereocenters. The van der Waals surface area contributed by atoms with Crippen molar-refractivity contribution >= 4 is 18.0 Å². The van der Waals surface area contributed by atoms with Gasteiger partial charge in [-0.2, -0.15) is 4.83 Å². The van der Waals surface area contributed by atoms with Crippen LogP contribution in [0.25, 0.3) is 0 Å². The first-order chi connectivity index (χ1) is 8.48. The summed E-state index contributed by atoms with van der Waals surface area (Å²) in [4.78, 5) is 22.2. The third kappa shape index (κ3) is 3.18. The highest BCUT2D eigenvalue weighted by Gasteiger charge is 2.34. The fourth-order valence-electron chi connectivity index (χ4n) is 2.09. The molecule has 2 aliphatic heterocycles. The van der Waals surface area contributed by atoms with Crippen LogP contribution in [0, 0.1) is 5.41 Å². The number of hydrogen-bond donors (Lipinski definition) is 1. The lowest BCUT2D eigenvalue weighted by atomic mass is 9.87. The summed E-state index contributed by atoms with van der Waals surface area (Å²) >= 11 is 1.41. The summed E-state index contributed by atoms with van der Waals surface area (Å²) in [5.41, 5.74) is -0.00420. The van der Waals surface area contributed by atoms with Crippen LogP contribution in [0.4, 0.5) is 4.79 Å². The van der Waals surface area contributed by atoms with Crippen molar-refractivity contribution in [1.82, 2.24) is 14.9 Å². The number of nitrogens with zero attached hydrogens (tertiary/aromatic N) is 2. The zero-order valence-corrected chi connectivity index (χ0v) is 12.0. The lowest BCUT2D eigenvalue weighted by molar-refractivity contribution is -0.167. The number of hydrogen-bond acceptors (Lipinski definition) is 5. The van der Waals surface area contributed by atoms with Gasteiger partial charge in [0.25, 0.3) is 0 Å². The molecule has 1 N–H and O–H groups in total. The molecule has 0 aliphatic carbocycles. The van der Waals surface area contributed by atoms with Crippen LogP contribution in [0.2, 0.25) is 0 Å². The smallest absolute Gasteiger partial charge is 0.334 e. The number of carbonyl (C=O) groups excluding carboxylic acids is 1. The maximum atomic E-state index is 12.0. The highest BCUT2D eigenvalue weighted by molar-refractivity contribution is 8.00. The van der Waals surface area contributed by atoms with E-state index in [0.29, 0.717) is 0 Å². The van der Waals surface area contributed by atoms with Gasteiger partial charge in [-0.1, -0.05) is 32.0 Å². The van der Waals surface area contributed by atoms with Crippen molar-refractivity contribution in [3.63, 3.8) is 0 Å². The van der Waals surface area contributed by atoms with E-state index in [9.17, 15) is 4.79 Å². The number of carbonyl (C=O) groups is 1. The molecule has 0 aromatic rings. The van der Waals surface area contributed by atoms with Crippen LogP contribution in [0.1, 0.15) is 33.6 Å². The Balaban J connectivity index is 1.98. The van der Waals surface area contributed by atoms with Gasteiger partial charge in [0.2, 0.25) is 0 Å². The van der Waals surface area contributed by atoms with E-state index >= 15 is 0 Å². The molecule has 0 aromatic carbocycles. The van der Waals surface area contributed by atoms with E-state index < -0.39 is 0 Å². The summed E-state index contributed by atoms with van der Waals surface area (Å²) in [7, 11) is 0. The van der Waals surface area contributed by atoms with Gasteiger partial charge in [0.1, 0.15) is 0 Å². The van der Waals surface area contributed by atoms with Gasteiger partial charge in [0.05, 0.1) is 6.04 Å². The van der Waals surface area contributed by atoms with Crippen molar-refractivity contribution in [2.75, 3.05) is 13.1 Å². The van der Waals surface area contributed by atoms with Crippen molar-refractivity contribution in [1.29, 1.82) is 0 Å². The van der Waals surface area contributed by atoms with Crippen molar-refractivity contribution in [2.24, 2.45) is 5.41 Å². The molecule has 102 valence electrons. The molecule has 1 amide bonds. The molecule has 0 spiro atoms. The van der Waals surface area contributed by atoms with Crippen LogP contribution in [0.5, 0.6) is 0 Å². The quantitative estimate of drug-likeness (QED) is 0.743. The van der Waals surface area contributed by atoms with Crippen LogP contribution in [0.3, 0.4) is 0 Å². The Hall–Kier alpha value is -0.720. The first kappa shape index (κ1) is 13.7. The molecule has 0 aromatic heterocycles. The second-order valence-electron chi connectivity index (χ2n) is 5.73. The van der Waals surface area contributed by atoms with Crippen LogP contribution in [-0.2, 0) is 4.84 Å². The normalized spacial score (nSPS) is 25.5. The van der Waals surface area contributed by atoms with Gasteiger partial charge in [-0.25, -0.2) is 4.79 Å². The summed E-state index contributed by atoms with van der Waals surface area (Å²) in [6.45, 7) is 7.97. The largest absolute Gasteiger partial charge is 0.430 e. The molecule has 6 heteroatoms. The van der Waals surface area contributed by atoms with Gasteiger partial charge in [0.15, 0.2) is 0 Å². The number of hydroxylamine groups is 1. The Labute approximate surface area is 113 Å². The second kappa shape index (κ2) is 5.50. The molecular formula is C12H21N3O2S. The van der Waals surface area contributed by atoms with Crippen molar-refractivity contribution < 1.29 is 9.63 Å². The monoisotopic (exact) mass is 271 g/mol. The van der Waals surface area contributed by atoms with E-state index in [-0.39, 0.29) is 17.6 Å². The van der Waals surface area contributed by atoms with Crippen molar-refractivity contribution in [3.8, 4) is 0 Å². The predicted octanol–water partition coefficient (Wildman–Crippen LogP) is 2.53. The summed E-state index contributed by atoms with van der Waals surface area (Å²) in [6, 6.07) is 0.0327. The fraction of sp³-hybridized carbons (Fsp3) is 0.750. The van der Waals surface area contributed by atoms with Gasteiger partial charge in [-0.15, -0.1) is 0 Å². The predicted molar refractivity (Wildman–Crippen MR) is 72.2 cm³/mol. The average molecular weight is 271 g/mol. The number of likely N-dealkylation sites (tertiary alicyclic amines) is 1. The van der Waals surface area contributed by atoms with Crippen LogP contribution >= 0.6 is 11.9 Å². The maximum Gasteiger partial charge on any atom is 0.430 e. The molecular weight excluding hydrogens is 250 g/mol. The molecule has 2 aliphatic rings. The number of rotatable bonds is 1. The van der Waals surface area contributed by atoms with E-state index in [0.717, 1.165) is 25.9 Å². The lowest BCUT2D eigenvalue weighted by Crippen LogP contribution is -2.51. The van der Waals surface area contributed by atoms with E-state index in [1.54, 1.807) is 10.1 Å². The van der Waals surface area contributed by atoms with E-state index in [1.165, 1.54) is 11.9 Å². The minimum Gasteiger partial charge on any atom is -0.334 e. The summed E-state index contributed by atoms with van der Waals surface area (Å²) < 4.78 is 0.